The number of methoxy groups -OCH3 is 1. The van der Waals surface area contributed by atoms with Crippen molar-refractivity contribution in [1.82, 2.24) is 19.7 Å². The van der Waals surface area contributed by atoms with E-state index in [1.54, 1.807) is 15.6 Å². The van der Waals surface area contributed by atoms with Crippen molar-refractivity contribution in [2.24, 2.45) is 0 Å². The third-order valence-electron chi connectivity index (χ3n) is 7.64. The van der Waals surface area contributed by atoms with Crippen LogP contribution in [-0.4, -0.2) is 58.3 Å². The van der Waals surface area contributed by atoms with Crippen LogP contribution in [0.25, 0.3) is 0 Å². The van der Waals surface area contributed by atoms with E-state index in [-0.39, 0.29) is 18.4 Å². The van der Waals surface area contributed by atoms with Gasteiger partial charge in [0.2, 0.25) is 11.1 Å². The van der Waals surface area contributed by atoms with E-state index in [2.05, 4.69) is 10.6 Å². The molecule has 0 spiro atoms. The molecule has 5 rings (SSSR count). The highest BCUT2D eigenvalue weighted by Crippen LogP contribution is 2.40. The molecule has 46 heavy (non-hydrogen) atoms. The zero-order valence-corrected chi connectivity index (χ0v) is 28.0. The molecule has 2 N–H and O–H groups in total. The highest BCUT2D eigenvalue weighted by molar-refractivity contribution is 7.98. The number of nitrogens with zero attached hydrogens (tertiary/aromatic N) is 4. The van der Waals surface area contributed by atoms with Gasteiger partial charge in [0.05, 0.1) is 12.7 Å². The lowest BCUT2D eigenvalue weighted by molar-refractivity contribution is -0.133. The largest absolute Gasteiger partial charge is 0.493 e. The Morgan fingerprint density at radius 1 is 1.04 bits per heavy atom. The number of halogens is 1. The maximum atomic E-state index is 14.0. The monoisotopic (exact) mass is 660 g/mol. The fourth-order valence-electron chi connectivity index (χ4n) is 5.25. The molecule has 1 aromatic heterocycles. The smallest absolute Gasteiger partial charge is 0.260 e. The second-order valence-corrected chi connectivity index (χ2v) is 12.0. The number of benzene rings is 3. The number of thioether (sulfide) groups is 1. The van der Waals surface area contributed by atoms with Crippen LogP contribution < -0.4 is 20.1 Å². The summed E-state index contributed by atoms with van der Waals surface area (Å²) in [6.07, 6.45) is 0. The standard InChI is InChI=1S/C34H37ClN6O4S/c1-6-40(7-2)29(42)19-45-27-16-15-23(18-28(27)44-5)31-30(32(43)37-25-13-10-11-21(3)17-25)22(4)36-33-38-34(39-41(31)33)46-20-24-12-8-9-14-26(24)35/h8-18,31H,6-7,19-20H2,1-5H3,(H,37,43)(H,36,38,39). The van der Waals surface area contributed by atoms with Crippen LogP contribution >= 0.6 is 23.4 Å². The lowest BCUT2D eigenvalue weighted by Gasteiger charge is -2.29. The summed E-state index contributed by atoms with van der Waals surface area (Å²) in [5.74, 6) is 1.53. The van der Waals surface area contributed by atoms with Gasteiger partial charge >= 0.3 is 0 Å². The first kappa shape index (κ1) is 32.9. The molecular formula is C34H37ClN6O4S. The van der Waals surface area contributed by atoms with Gasteiger partial charge in [-0.2, -0.15) is 4.98 Å². The van der Waals surface area contributed by atoms with E-state index in [0.29, 0.717) is 63.4 Å². The normalized spacial score (nSPS) is 13.9. The zero-order valence-electron chi connectivity index (χ0n) is 26.5. The number of anilines is 2. The highest BCUT2D eigenvalue weighted by atomic mass is 35.5. The first-order valence-electron chi connectivity index (χ1n) is 15.0. The Hall–Kier alpha value is -4.48. The van der Waals surface area contributed by atoms with Gasteiger partial charge < -0.3 is 25.0 Å². The Labute approximate surface area is 278 Å². The molecule has 1 unspecified atom stereocenters. The number of hydrogen-bond acceptors (Lipinski definition) is 8. The van der Waals surface area contributed by atoms with E-state index >= 15 is 0 Å². The highest BCUT2D eigenvalue weighted by Gasteiger charge is 2.35. The minimum Gasteiger partial charge on any atom is -0.493 e. The molecule has 1 aliphatic rings. The molecule has 3 aromatic carbocycles. The molecule has 0 radical (unpaired) electrons. The molecule has 0 saturated heterocycles. The number of fused-ring (bicyclic) bond motifs is 1. The second-order valence-electron chi connectivity index (χ2n) is 10.7. The van der Waals surface area contributed by atoms with E-state index < -0.39 is 6.04 Å². The molecule has 10 nitrogen and oxygen atoms in total. The fraction of sp³-hybridized carbons (Fsp3) is 0.294. The summed E-state index contributed by atoms with van der Waals surface area (Å²) < 4.78 is 13.3. The first-order chi connectivity index (χ1) is 22.2. The van der Waals surface area contributed by atoms with Gasteiger partial charge in [-0.25, -0.2) is 4.68 Å². The van der Waals surface area contributed by atoms with Crippen molar-refractivity contribution >= 4 is 46.8 Å². The number of aromatic nitrogens is 3. The Morgan fingerprint density at radius 3 is 2.54 bits per heavy atom. The van der Waals surface area contributed by atoms with E-state index in [0.717, 1.165) is 16.7 Å². The van der Waals surface area contributed by atoms with E-state index in [4.69, 9.17) is 31.2 Å². The van der Waals surface area contributed by atoms with Gasteiger partial charge in [-0.05, 0) is 74.7 Å². The Balaban J connectivity index is 1.50. The Morgan fingerprint density at radius 2 is 1.83 bits per heavy atom. The van der Waals surface area contributed by atoms with Crippen LogP contribution in [0, 0.1) is 6.92 Å². The molecule has 2 amide bonds. The van der Waals surface area contributed by atoms with Crippen LogP contribution in [-0.2, 0) is 15.3 Å². The molecule has 12 heteroatoms. The van der Waals surface area contributed by atoms with Crippen molar-refractivity contribution in [3.63, 3.8) is 0 Å². The van der Waals surface area contributed by atoms with Gasteiger partial charge in [0.15, 0.2) is 18.1 Å². The number of amides is 2. The van der Waals surface area contributed by atoms with Gasteiger partial charge in [-0.1, -0.05) is 59.8 Å². The number of likely N-dealkylation sites (N-methyl/N-ethyl adjacent to an activating group) is 1. The predicted octanol–water partition coefficient (Wildman–Crippen LogP) is 6.72. The summed E-state index contributed by atoms with van der Waals surface area (Å²) in [6.45, 7) is 8.76. The average Bonchev–Trinajstić information content (AvgIpc) is 3.45. The van der Waals surface area contributed by atoms with E-state index in [9.17, 15) is 9.59 Å². The van der Waals surface area contributed by atoms with Gasteiger partial charge in [0.1, 0.15) is 6.04 Å². The molecule has 4 aromatic rings. The maximum Gasteiger partial charge on any atom is 0.260 e. The van der Waals surface area contributed by atoms with Gasteiger partial charge in [-0.15, -0.1) is 5.10 Å². The molecule has 0 bridgehead atoms. The first-order valence-corrected chi connectivity index (χ1v) is 16.4. The third-order valence-corrected chi connectivity index (χ3v) is 8.89. The average molecular weight is 661 g/mol. The van der Waals surface area contributed by atoms with Crippen LogP contribution in [0.15, 0.2) is 83.2 Å². The number of hydrogen-bond donors (Lipinski definition) is 2. The summed E-state index contributed by atoms with van der Waals surface area (Å²) in [5.41, 5.74) is 4.52. The molecule has 1 atom stereocenters. The molecule has 0 fully saturated rings. The zero-order chi connectivity index (χ0) is 32.8. The van der Waals surface area contributed by atoms with Crippen LogP contribution in [0.4, 0.5) is 11.6 Å². The van der Waals surface area contributed by atoms with Crippen LogP contribution in [0.1, 0.15) is 43.5 Å². The molecular weight excluding hydrogens is 624 g/mol. The predicted molar refractivity (Wildman–Crippen MR) is 182 cm³/mol. The van der Waals surface area contributed by atoms with E-state index in [1.807, 2.05) is 88.4 Å². The van der Waals surface area contributed by atoms with Crippen LogP contribution in [0.5, 0.6) is 11.5 Å². The minimum atomic E-state index is -0.650. The lowest BCUT2D eigenvalue weighted by atomic mass is 9.94. The molecule has 240 valence electrons. The molecule has 1 aliphatic heterocycles. The third kappa shape index (κ3) is 7.32. The molecule has 0 saturated carbocycles. The number of carbonyl (C=O) groups excluding carboxylic acids is 2. The van der Waals surface area contributed by atoms with Crippen molar-refractivity contribution in [3.8, 4) is 11.5 Å². The van der Waals surface area contributed by atoms with Gasteiger partial charge in [0.25, 0.3) is 11.8 Å². The molecule has 2 heterocycles. The maximum absolute atomic E-state index is 14.0. The minimum absolute atomic E-state index is 0.114. The topological polar surface area (TPSA) is 111 Å². The van der Waals surface area contributed by atoms with Crippen LogP contribution in [0.2, 0.25) is 5.02 Å². The Kier molecular flexibility index (Phi) is 10.5. The Bertz CT molecular complexity index is 1770. The van der Waals surface area contributed by atoms with Crippen LogP contribution in [0.3, 0.4) is 0 Å². The number of ether oxygens (including phenoxy) is 2. The van der Waals surface area contributed by atoms with Crippen molar-refractivity contribution in [1.29, 1.82) is 0 Å². The summed E-state index contributed by atoms with van der Waals surface area (Å²) in [6, 6.07) is 20.1. The van der Waals surface area contributed by atoms with Gasteiger partial charge in [-0.3, -0.25) is 9.59 Å². The lowest BCUT2D eigenvalue weighted by Crippen LogP contribution is -2.34. The van der Waals surface area contributed by atoms with E-state index in [1.165, 1.54) is 18.9 Å². The fourth-order valence-corrected chi connectivity index (χ4v) is 6.37. The summed E-state index contributed by atoms with van der Waals surface area (Å²) >= 11 is 7.84. The van der Waals surface area contributed by atoms with Gasteiger partial charge in [0, 0.05) is 35.2 Å². The summed E-state index contributed by atoms with van der Waals surface area (Å²) in [5, 5.41) is 12.4. The number of carbonyl (C=O) groups is 2. The number of nitrogens with one attached hydrogen (secondary N) is 2. The quantitative estimate of drug-likeness (QED) is 0.161. The number of aryl methyl sites for hydroxylation is 1. The summed E-state index contributed by atoms with van der Waals surface area (Å²) in [7, 11) is 1.54. The van der Waals surface area contributed by atoms with Crippen molar-refractivity contribution in [2.45, 2.75) is 44.6 Å². The number of rotatable bonds is 12. The van der Waals surface area contributed by atoms with Crippen molar-refractivity contribution in [3.05, 3.63) is 99.7 Å². The SMILES string of the molecule is CCN(CC)C(=O)COc1ccc(C2C(C(=O)Nc3cccc(C)c3)=C(C)Nc3nc(SCc4ccccc4Cl)nn32)cc1OC. The second kappa shape index (κ2) is 14.7. The van der Waals surface area contributed by atoms with Crippen molar-refractivity contribution in [2.75, 3.05) is 37.4 Å². The number of allylic oxidation sites excluding steroid dienone is 1. The molecule has 0 aliphatic carbocycles. The summed E-state index contributed by atoms with van der Waals surface area (Å²) in [4.78, 5) is 33.0. The van der Waals surface area contributed by atoms with Crippen molar-refractivity contribution < 1.29 is 19.1 Å².